The molecule has 1 aliphatic rings. The Hall–Kier alpha value is -2.52. The Bertz CT molecular complexity index is 977. The fourth-order valence-corrected chi connectivity index (χ4v) is 3.86. The number of anilines is 1. The van der Waals surface area contributed by atoms with Crippen LogP contribution in [0.1, 0.15) is 10.4 Å². The molecule has 2 N–H and O–H groups in total. The average Bonchev–Trinajstić information content (AvgIpc) is 3.02. The van der Waals surface area contributed by atoms with Crippen molar-refractivity contribution in [3.8, 4) is 23.0 Å². The lowest BCUT2D eigenvalue weighted by Gasteiger charge is -2.17. The van der Waals surface area contributed by atoms with Crippen LogP contribution in [0.25, 0.3) is 10.2 Å². The second-order valence-corrected chi connectivity index (χ2v) is 7.33. The molecule has 3 aromatic rings. The summed E-state index contributed by atoms with van der Waals surface area (Å²) in [5, 5.41) is 13.1. The van der Waals surface area contributed by atoms with Gasteiger partial charge >= 0.3 is 0 Å². The van der Waals surface area contributed by atoms with Gasteiger partial charge in [-0.25, -0.2) is 4.98 Å². The number of amides is 1. The number of phenols is 1. The Morgan fingerprint density at radius 3 is 2.73 bits per heavy atom. The second kappa shape index (κ2) is 6.65. The summed E-state index contributed by atoms with van der Waals surface area (Å²) in [7, 11) is 1.42. The number of aromatic nitrogens is 1. The van der Waals surface area contributed by atoms with E-state index < -0.39 is 0 Å². The molecule has 0 saturated carbocycles. The summed E-state index contributed by atoms with van der Waals surface area (Å²) in [6, 6.07) is 6.64. The highest BCUT2D eigenvalue weighted by Gasteiger charge is 2.18. The van der Waals surface area contributed by atoms with Gasteiger partial charge in [0, 0.05) is 17.7 Å². The molecular formula is C17H13BrN2O5S. The van der Waals surface area contributed by atoms with Gasteiger partial charge < -0.3 is 19.3 Å². The molecule has 26 heavy (non-hydrogen) atoms. The van der Waals surface area contributed by atoms with Crippen LogP contribution in [-0.2, 0) is 0 Å². The first-order valence-electron chi connectivity index (χ1n) is 7.63. The van der Waals surface area contributed by atoms with Crippen molar-refractivity contribution in [1.29, 1.82) is 0 Å². The molecule has 2 aromatic carbocycles. The number of aromatic hydroxyl groups is 1. The molecule has 7 nitrogen and oxygen atoms in total. The van der Waals surface area contributed by atoms with Crippen molar-refractivity contribution >= 4 is 48.5 Å². The summed E-state index contributed by atoms with van der Waals surface area (Å²) in [5.41, 5.74) is 1.05. The Morgan fingerprint density at radius 1 is 1.27 bits per heavy atom. The Balaban J connectivity index is 1.62. The maximum Gasteiger partial charge on any atom is 0.257 e. The quantitative estimate of drug-likeness (QED) is 0.648. The van der Waals surface area contributed by atoms with Crippen molar-refractivity contribution < 1.29 is 24.1 Å². The number of halogens is 1. The first kappa shape index (κ1) is 16.9. The summed E-state index contributed by atoms with van der Waals surface area (Å²) in [6.45, 7) is 1.02. The van der Waals surface area contributed by atoms with Crippen molar-refractivity contribution in [1.82, 2.24) is 4.98 Å². The van der Waals surface area contributed by atoms with Gasteiger partial charge in [0.15, 0.2) is 28.1 Å². The van der Waals surface area contributed by atoms with Gasteiger partial charge in [0.25, 0.3) is 5.91 Å². The molecule has 0 atom stereocenters. The molecule has 0 radical (unpaired) electrons. The van der Waals surface area contributed by atoms with Gasteiger partial charge in [0.2, 0.25) is 0 Å². The molecular weight excluding hydrogens is 424 g/mol. The van der Waals surface area contributed by atoms with E-state index in [2.05, 4.69) is 26.2 Å². The number of nitrogens with one attached hydrogen (secondary N) is 1. The van der Waals surface area contributed by atoms with Crippen LogP contribution >= 0.6 is 27.3 Å². The lowest BCUT2D eigenvalue weighted by molar-refractivity contribution is 0.102. The van der Waals surface area contributed by atoms with E-state index in [1.54, 1.807) is 6.07 Å². The van der Waals surface area contributed by atoms with Crippen LogP contribution in [0.2, 0.25) is 0 Å². The van der Waals surface area contributed by atoms with E-state index in [4.69, 9.17) is 14.2 Å². The molecule has 4 rings (SSSR count). The van der Waals surface area contributed by atoms with Gasteiger partial charge in [-0.3, -0.25) is 10.1 Å². The van der Waals surface area contributed by atoms with E-state index in [9.17, 15) is 9.90 Å². The van der Waals surface area contributed by atoms with E-state index in [-0.39, 0.29) is 17.4 Å². The number of hydrogen-bond donors (Lipinski definition) is 2. The van der Waals surface area contributed by atoms with Crippen molar-refractivity contribution in [3.05, 3.63) is 34.3 Å². The average molecular weight is 437 g/mol. The number of fused-ring (bicyclic) bond motifs is 2. The molecule has 1 amide bonds. The number of carbonyl (C=O) groups excluding carboxylic acids is 1. The summed E-state index contributed by atoms with van der Waals surface area (Å²) in [5.74, 6) is 1.11. The number of rotatable bonds is 3. The number of thiazole rings is 1. The minimum Gasteiger partial charge on any atom is -0.503 e. The van der Waals surface area contributed by atoms with E-state index in [0.29, 0.717) is 39.9 Å². The predicted molar refractivity (Wildman–Crippen MR) is 101 cm³/mol. The smallest absolute Gasteiger partial charge is 0.257 e. The zero-order chi connectivity index (χ0) is 18.3. The predicted octanol–water partition coefficient (Wildman–Crippen LogP) is 3.80. The topological polar surface area (TPSA) is 89.9 Å². The molecule has 1 aliphatic heterocycles. The highest BCUT2D eigenvalue weighted by molar-refractivity contribution is 9.10. The molecule has 0 saturated heterocycles. The number of phenolic OH excluding ortho intramolecular Hbond substituents is 1. The molecule has 2 heterocycles. The van der Waals surface area contributed by atoms with Gasteiger partial charge in [-0.05, 0) is 28.1 Å². The number of benzene rings is 2. The molecule has 1 aromatic heterocycles. The largest absolute Gasteiger partial charge is 0.503 e. The molecule has 0 unspecified atom stereocenters. The molecule has 0 bridgehead atoms. The van der Waals surface area contributed by atoms with Gasteiger partial charge in [0.05, 0.1) is 21.8 Å². The van der Waals surface area contributed by atoms with Crippen LogP contribution in [-0.4, -0.2) is 36.3 Å². The van der Waals surface area contributed by atoms with Crippen molar-refractivity contribution in [2.24, 2.45) is 0 Å². The van der Waals surface area contributed by atoms with Crippen LogP contribution in [0.4, 0.5) is 5.13 Å². The Kier molecular flexibility index (Phi) is 4.33. The normalized spacial score (nSPS) is 12.8. The fraction of sp³-hybridized carbons (Fsp3) is 0.176. The van der Waals surface area contributed by atoms with Crippen molar-refractivity contribution in [2.45, 2.75) is 0 Å². The van der Waals surface area contributed by atoms with E-state index in [0.717, 1.165) is 10.2 Å². The zero-order valence-corrected chi connectivity index (χ0v) is 15.9. The Morgan fingerprint density at radius 2 is 2.00 bits per heavy atom. The summed E-state index contributed by atoms with van der Waals surface area (Å²) >= 11 is 4.55. The highest BCUT2D eigenvalue weighted by atomic mass is 79.9. The lowest BCUT2D eigenvalue weighted by atomic mass is 10.2. The standard InChI is InChI=1S/C17H13BrN2O5S/c1-23-13-5-8(4-9(18)15(13)21)16(22)20-17-19-10-6-11-12(7-14(10)26-17)25-3-2-24-11/h4-7,21H,2-3H2,1H3,(H,19,20,22). The number of nitrogens with zero attached hydrogens (tertiary/aromatic N) is 1. The summed E-state index contributed by atoms with van der Waals surface area (Å²) in [6.07, 6.45) is 0. The third kappa shape index (κ3) is 3.04. The van der Waals surface area contributed by atoms with Gasteiger partial charge in [-0.15, -0.1) is 0 Å². The summed E-state index contributed by atoms with van der Waals surface area (Å²) < 4.78 is 17.4. The highest BCUT2D eigenvalue weighted by Crippen LogP contribution is 2.38. The second-order valence-electron chi connectivity index (χ2n) is 5.45. The van der Waals surface area contributed by atoms with Crippen LogP contribution in [0.15, 0.2) is 28.7 Å². The lowest BCUT2D eigenvalue weighted by Crippen LogP contribution is -2.15. The maximum absolute atomic E-state index is 12.5. The van der Waals surface area contributed by atoms with Crippen LogP contribution < -0.4 is 19.5 Å². The van der Waals surface area contributed by atoms with Crippen molar-refractivity contribution in [2.75, 3.05) is 25.6 Å². The number of ether oxygens (including phenoxy) is 3. The van der Waals surface area contributed by atoms with Gasteiger partial charge in [-0.1, -0.05) is 11.3 Å². The SMILES string of the molecule is COc1cc(C(=O)Nc2nc3cc4c(cc3s2)OCCO4)cc(Br)c1O. The minimum absolute atomic E-state index is 0.0605. The van der Waals surface area contributed by atoms with Crippen molar-refractivity contribution in [3.63, 3.8) is 0 Å². The van der Waals surface area contributed by atoms with Gasteiger partial charge in [0.1, 0.15) is 13.2 Å². The van der Waals surface area contributed by atoms with E-state index in [1.807, 2.05) is 6.07 Å². The van der Waals surface area contributed by atoms with Gasteiger partial charge in [-0.2, -0.15) is 0 Å². The molecule has 134 valence electrons. The monoisotopic (exact) mass is 436 g/mol. The molecule has 0 spiro atoms. The Labute approximate surface area is 160 Å². The third-order valence-electron chi connectivity index (χ3n) is 3.78. The zero-order valence-electron chi connectivity index (χ0n) is 13.5. The van der Waals surface area contributed by atoms with Crippen LogP contribution in [0.5, 0.6) is 23.0 Å². The van der Waals surface area contributed by atoms with E-state index in [1.165, 1.54) is 30.6 Å². The van der Waals surface area contributed by atoms with E-state index >= 15 is 0 Å². The number of hydrogen-bond acceptors (Lipinski definition) is 7. The van der Waals surface area contributed by atoms with Crippen LogP contribution in [0, 0.1) is 0 Å². The summed E-state index contributed by atoms with van der Waals surface area (Å²) in [4.78, 5) is 17.0. The fourth-order valence-electron chi connectivity index (χ4n) is 2.55. The molecule has 0 aliphatic carbocycles. The maximum atomic E-state index is 12.5. The first-order valence-corrected chi connectivity index (χ1v) is 9.24. The number of methoxy groups -OCH3 is 1. The molecule has 9 heteroatoms. The minimum atomic E-state index is -0.361. The molecule has 0 fully saturated rings. The van der Waals surface area contributed by atoms with Crippen LogP contribution in [0.3, 0.4) is 0 Å². The number of carbonyl (C=O) groups is 1. The third-order valence-corrected chi connectivity index (χ3v) is 5.32. The first-order chi connectivity index (χ1) is 12.5.